The van der Waals surface area contributed by atoms with Crippen LogP contribution >= 0.6 is 0 Å². The van der Waals surface area contributed by atoms with E-state index in [1.54, 1.807) is 0 Å². The zero-order valence-electron chi connectivity index (χ0n) is 13.0. The van der Waals surface area contributed by atoms with Crippen molar-refractivity contribution in [1.82, 2.24) is 4.90 Å². The highest BCUT2D eigenvalue weighted by atomic mass is 32.2. The van der Waals surface area contributed by atoms with E-state index >= 15 is 0 Å². The quantitative estimate of drug-likeness (QED) is 0.627. The van der Waals surface area contributed by atoms with Crippen LogP contribution in [0.4, 0.5) is 0 Å². The highest BCUT2D eigenvalue weighted by Gasteiger charge is 2.29. The normalized spacial score (nSPS) is 23.4. The van der Waals surface area contributed by atoms with Crippen LogP contribution in [0.1, 0.15) is 39.0 Å². The lowest BCUT2D eigenvalue weighted by Gasteiger charge is -2.39. The Kier molecular flexibility index (Phi) is 7.62. The highest BCUT2D eigenvalue weighted by molar-refractivity contribution is 7.91. The van der Waals surface area contributed by atoms with Crippen molar-refractivity contribution in [3.63, 3.8) is 0 Å². The van der Waals surface area contributed by atoms with Crippen molar-refractivity contribution in [3.8, 4) is 0 Å². The molecule has 1 aliphatic rings. The minimum atomic E-state index is -3.22. The molecule has 0 aromatic carbocycles. The van der Waals surface area contributed by atoms with Crippen molar-refractivity contribution in [2.75, 3.05) is 31.1 Å². The van der Waals surface area contributed by atoms with Gasteiger partial charge in [0.05, 0.1) is 11.5 Å². The maximum absolute atomic E-state index is 11.9. The van der Waals surface area contributed by atoms with Crippen molar-refractivity contribution in [1.29, 1.82) is 0 Å². The van der Waals surface area contributed by atoms with E-state index in [9.17, 15) is 13.2 Å². The standard InChI is InChI=1S/C14H29N3O3S/c1-2-17(13-6-4-3-5-12(13)11-15)8-10-21(19,20)9-7-14(16)18/h12-13H,2-11,15H2,1H3,(H2,16,18). The summed E-state index contributed by atoms with van der Waals surface area (Å²) in [6, 6.07) is 0.389. The Bertz CT molecular complexity index is 425. The maximum atomic E-state index is 11.9. The molecule has 2 unspecified atom stereocenters. The Morgan fingerprint density at radius 3 is 2.48 bits per heavy atom. The van der Waals surface area contributed by atoms with Gasteiger partial charge in [-0.3, -0.25) is 9.69 Å². The first kappa shape index (κ1) is 18.4. The van der Waals surface area contributed by atoms with Crippen LogP contribution in [-0.2, 0) is 14.6 Å². The van der Waals surface area contributed by atoms with Gasteiger partial charge in [0.1, 0.15) is 0 Å². The van der Waals surface area contributed by atoms with E-state index in [2.05, 4.69) is 11.8 Å². The number of nitrogens with two attached hydrogens (primary N) is 2. The molecule has 4 N–H and O–H groups in total. The SMILES string of the molecule is CCN(CCS(=O)(=O)CCC(N)=O)C1CCCCC1CN. The Hall–Kier alpha value is -0.660. The second kappa shape index (κ2) is 8.70. The molecule has 21 heavy (non-hydrogen) atoms. The highest BCUT2D eigenvalue weighted by Crippen LogP contribution is 2.27. The maximum Gasteiger partial charge on any atom is 0.218 e. The minimum Gasteiger partial charge on any atom is -0.370 e. The van der Waals surface area contributed by atoms with E-state index in [4.69, 9.17) is 11.5 Å². The number of sulfone groups is 1. The van der Waals surface area contributed by atoms with Gasteiger partial charge >= 0.3 is 0 Å². The molecule has 1 amide bonds. The Morgan fingerprint density at radius 1 is 1.24 bits per heavy atom. The molecule has 0 spiro atoms. The summed E-state index contributed by atoms with van der Waals surface area (Å²) in [5.41, 5.74) is 10.9. The number of amides is 1. The Labute approximate surface area is 128 Å². The summed E-state index contributed by atoms with van der Waals surface area (Å²) in [5.74, 6) is -0.166. The lowest BCUT2D eigenvalue weighted by atomic mass is 9.83. The molecule has 0 aromatic heterocycles. The van der Waals surface area contributed by atoms with Gasteiger partial charge in [0.25, 0.3) is 0 Å². The average molecular weight is 319 g/mol. The molecule has 1 saturated carbocycles. The molecule has 1 aliphatic carbocycles. The van der Waals surface area contributed by atoms with Crippen molar-refractivity contribution in [3.05, 3.63) is 0 Å². The molecule has 6 nitrogen and oxygen atoms in total. The van der Waals surface area contributed by atoms with Crippen molar-refractivity contribution >= 4 is 15.7 Å². The molecule has 0 saturated heterocycles. The van der Waals surface area contributed by atoms with E-state index in [1.807, 2.05) is 0 Å². The zero-order chi connectivity index (χ0) is 15.9. The summed E-state index contributed by atoms with van der Waals surface area (Å²) in [5, 5.41) is 0. The van der Waals surface area contributed by atoms with Crippen LogP contribution in [0, 0.1) is 5.92 Å². The van der Waals surface area contributed by atoms with Gasteiger partial charge in [0, 0.05) is 19.0 Å². The van der Waals surface area contributed by atoms with Crippen molar-refractivity contribution < 1.29 is 13.2 Å². The molecular formula is C14H29N3O3S. The summed E-state index contributed by atoms with van der Waals surface area (Å²) >= 11 is 0. The van der Waals surface area contributed by atoms with E-state index in [1.165, 1.54) is 12.8 Å². The zero-order valence-corrected chi connectivity index (χ0v) is 13.8. The Morgan fingerprint density at radius 2 is 1.90 bits per heavy atom. The molecule has 0 bridgehead atoms. The fourth-order valence-corrected chi connectivity index (χ4v) is 4.35. The third-order valence-corrected chi connectivity index (χ3v) is 6.03. The fraction of sp³-hybridized carbons (Fsp3) is 0.929. The van der Waals surface area contributed by atoms with Crippen LogP contribution in [0.15, 0.2) is 0 Å². The monoisotopic (exact) mass is 319 g/mol. The van der Waals surface area contributed by atoms with Gasteiger partial charge in [0.2, 0.25) is 5.91 Å². The minimum absolute atomic E-state index is 0.0852. The van der Waals surface area contributed by atoms with Crippen LogP contribution in [0.5, 0.6) is 0 Å². The van der Waals surface area contributed by atoms with Crippen LogP contribution in [-0.4, -0.2) is 56.4 Å². The molecule has 7 heteroatoms. The first-order valence-electron chi connectivity index (χ1n) is 7.82. The summed E-state index contributed by atoms with van der Waals surface area (Å²) in [7, 11) is -3.22. The number of carbonyl (C=O) groups is 1. The number of primary amides is 1. The second-order valence-electron chi connectivity index (χ2n) is 5.84. The lowest BCUT2D eigenvalue weighted by Crippen LogP contribution is -2.46. The van der Waals surface area contributed by atoms with Crippen molar-refractivity contribution in [2.45, 2.75) is 45.1 Å². The van der Waals surface area contributed by atoms with Gasteiger partial charge in [-0.15, -0.1) is 0 Å². The fourth-order valence-electron chi connectivity index (χ4n) is 3.12. The van der Waals surface area contributed by atoms with Crippen molar-refractivity contribution in [2.24, 2.45) is 17.4 Å². The van der Waals surface area contributed by atoms with Gasteiger partial charge in [-0.25, -0.2) is 8.42 Å². The lowest BCUT2D eigenvalue weighted by molar-refractivity contribution is -0.117. The van der Waals surface area contributed by atoms with Gasteiger partial charge < -0.3 is 11.5 Å². The van der Waals surface area contributed by atoms with Crippen LogP contribution in [0.2, 0.25) is 0 Å². The van der Waals surface area contributed by atoms with Gasteiger partial charge in [-0.05, 0) is 31.8 Å². The molecule has 124 valence electrons. The van der Waals surface area contributed by atoms with E-state index in [-0.39, 0.29) is 17.9 Å². The summed E-state index contributed by atoms with van der Waals surface area (Å²) in [6.07, 6.45) is 4.53. The number of hydrogen-bond acceptors (Lipinski definition) is 5. The van der Waals surface area contributed by atoms with Crippen LogP contribution < -0.4 is 11.5 Å². The average Bonchev–Trinajstić information content (AvgIpc) is 2.46. The first-order valence-corrected chi connectivity index (χ1v) is 9.64. The number of carbonyl (C=O) groups excluding carboxylic acids is 1. The molecular weight excluding hydrogens is 290 g/mol. The smallest absolute Gasteiger partial charge is 0.218 e. The summed E-state index contributed by atoms with van der Waals surface area (Å²) < 4.78 is 23.9. The molecule has 0 aromatic rings. The molecule has 1 rings (SSSR count). The first-order chi connectivity index (χ1) is 9.89. The number of rotatable bonds is 9. The summed E-state index contributed by atoms with van der Waals surface area (Å²) in [4.78, 5) is 12.9. The predicted molar refractivity (Wildman–Crippen MR) is 84.5 cm³/mol. The molecule has 1 fully saturated rings. The van der Waals surface area contributed by atoms with Gasteiger partial charge in [-0.1, -0.05) is 19.8 Å². The molecule has 2 atom stereocenters. The van der Waals surface area contributed by atoms with E-state index in [0.29, 0.717) is 25.0 Å². The predicted octanol–water partition coefficient (Wildman–Crippen LogP) is 0.116. The summed E-state index contributed by atoms with van der Waals surface area (Å²) in [6.45, 7) is 4.05. The topological polar surface area (TPSA) is 106 Å². The Balaban J connectivity index is 2.55. The third-order valence-electron chi connectivity index (χ3n) is 4.40. The van der Waals surface area contributed by atoms with Crippen LogP contribution in [0.3, 0.4) is 0 Å². The second-order valence-corrected chi connectivity index (χ2v) is 8.15. The largest absolute Gasteiger partial charge is 0.370 e. The van der Waals surface area contributed by atoms with Gasteiger partial charge in [0.15, 0.2) is 9.84 Å². The molecule has 0 radical (unpaired) electrons. The molecule has 0 aliphatic heterocycles. The third kappa shape index (κ3) is 6.32. The van der Waals surface area contributed by atoms with Gasteiger partial charge in [-0.2, -0.15) is 0 Å². The van der Waals surface area contributed by atoms with E-state index < -0.39 is 15.7 Å². The molecule has 0 heterocycles. The van der Waals surface area contributed by atoms with E-state index in [0.717, 1.165) is 19.4 Å². The number of nitrogens with zero attached hydrogens (tertiary/aromatic N) is 1. The number of hydrogen-bond donors (Lipinski definition) is 2. The van der Waals surface area contributed by atoms with Crippen LogP contribution in [0.25, 0.3) is 0 Å².